The Morgan fingerprint density at radius 1 is 1.57 bits per heavy atom. The number of allylic oxidation sites excluding steroid dienone is 2. The van der Waals surface area contributed by atoms with Gasteiger partial charge in [-0.15, -0.1) is 5.10 Å². The number of H-pyrrole nitrogens is 1. The van der Waals surface area contributed by atoms with Crippen molar-refractivity contribution in [3.63, 3.8) is 0 Å². The fourth-order valence-corrected chi connectivity index (χ4v) is 2.89. The summed E-state index contributed by atoms with van der Waals surface area (Å²) >= 11 is 0. The third kappa shape index (κ3) is 2.61. The van der Waals surface area contributed by atoms with Gasteiger partial charge in [-0.2, -0.15) is 5.26 Å². The first-order valence-corrected chi connectivity index (χ1v) is 7.52. The maximum Gasteiger partial charge on any atom is 0.244 e. The minimum Gasteiger partial charge on any atom is -0.465 e. The van der Waals surface area contributed by atoms with Gasteiger partial charge in [0.15, 0.2) is 0 Å². The number of ether oxygens (including phenoxy) is 1. The monoisotopic (exact) mass is 310 g/mol. The molecule has 2 aromatic rings. The average Bonchev–Trinajstić information content (AvgIpc) is 3.16. The number of hydrogen-bond donors (Lipinski definition) is 2. The summed E-state index contributed by atoms with van der Waals surface area (Å²) in [5.41, 5.74) is 9.13. The van der Waals surface area contributed by atoms with Crippen molar-refractivity contribution >= 4 is 6.08 Å². The molecule has 6 nitrogen and oxygen atoms in total. The molecular formula is C17H18N4O2. The molecule has 23 heavy (non-hydrogen) atoms. The first kappa shape index (κ1) is 15.0. The Kier molecular flexibility index (Phi) is 3.94. The lowest BCUT2D eigenvalue weighted by Gasteiger charge is -2.24. The van der Waals surface area contributed by atoms with Crippen LogP contribution in [0.4, 0.5) is 0 Å². The van der Waals surface area contributed by atoms with E-state index in [1.54, 1.807) is 6.26 Å². The Labute approximate surface area is 134 Å². The van der Waals surface area contributed by atoms with Gasteiger partial charge < -0.3 is 14.9 Å². The van der Waals surface area contributed by atoms with E-state index in [-0.39, 0.29) is 11.8 Å². The molecule has 3 heterocycles. The van der Waals surface area contributed by atoms with Crippen LogP contribution in [0.3, 0.4) is 0 Å². The highest BCUT2D eigenvalue weighted by Gasteiger charge is 2.34. The average molecular weight is 310 g/mol. The highest BCUT2D eigenvalue weighted by atomic mass is 16.5. The van der Waals surface area contributed by atoms with Gasteiger partial charge in [0, 0.05) is 11.3 Å². The summed E-state index contributed by atoms with van der Waals surface area (Å²) in [6.07, 6.45) is 5.32. The number of aryl methyl sites for hydroxylation is 1. The van der Waals surface area contributed by atoms with Crippen LogP contribution in [0.15, 0.2) is 39.8 Å². The molecule has 0 spiro atoms. The van der Waals surface area contributed by atoms with Crippen LogP contribution in [0.1, 0.15) is 43.2 Å². The summed E-state index contributed by atoms with van der Waals surface area (Å²) in [4.78, 5) is 0. The van der Waals surface area contributed by atoms with Crippen LogP contribution in [-0.2, 0) is 6.42 Å². The van der Waals surface area contributed by atoms with E-state index in [9.17, 15) is 5.26 Å². The summed E-state index contributed by atoms with van der Waals surface area (Å²) in [5, 5.41) is 16.8. The number of aromatic nitrogens is 2. The molecule has 1 aliphatic heterocycles. The Hall–Kier alpha value is -2.94. The first-order chi connectivity index (χ1) is 11.2. The standard InChI is InChI=1S/C17H18N4O2/c1-3-5-13-15-14(10(2)8-11-6-4-7-22-11)12(9-18)16(19)23-17(15)21-20-13/h4,6-8,14H,3,5,19H2,1-2H3,(H,20,21)/b10-8+/t14-/m1/s1. The number of hydrogen-bond acceptors (Lipinski definition) is 5. The quantitative estimate of drug-likeness (QED) is 0.902. The SMILES string of the molecule is CCCc1[nH]nc2c1[C@H](/C(C)=C/c1ccco1)C(C#N)=C(N)O2. The van der Waals surface area contributed by atoms with Crippen LogP contribution in [0, 0.1) is 11.3 Å². The van der Waals surface area contributed by atoms with Crippen LogP contribution in [0.5, 0.6) is 5.88 Å². The molecular weight excluding hydrogens is 292 g/mol. The first-order valence-electron chi connectivity index (χ1n) is 7.52. The van der Waals surface area contributed by atoms with Crippen LogP contribution in [0.2, 0.25) is 0 Å². The van der Waals surface area contributed by atoms with Gasteiger partial charge in [-0.05, 0) is 31.6 Å². The zero-order valence-electron chi connectivity index (χ0n) is 13.1. The van der Waals surface area contributed by atoms with Crippen molar-refractivity contribution in [1.29, 1.82) is 5.26 Å². The minimum atomic E-state index is -0.283. The van der Waals surface area contributed by atoms with Crippen molar-refractivity contribution in [3.8, 4) is 11.9 Å². The zero-order valence-corrected chi connectivity index (χ0v) is 13.1. The zero-order chi connectivity index (χ0) is 16.4. The fraction of sp³-hybridized carbons (Fsp3) is 0.294. The topological polar surface area (TPSA) is 101 Å². The van der Waals surface area contributed by atoms with Crippen LogP contribution in [0.25, 0.3) is 6.08 Å². The Bertz CT molecular complexity index is 806. The molecule has 0 saturated heterocycles. The second kappa shape index (κ2) is 6.05. The van der Waals surface area contributed by atoms with Gasteiger partial charge in [-0.1, -0.05) is 18.9 Å². The van der Waals surface area contributed by atoms with Crippen molar-refractivity contribution < 1.29 is 9.15 Å². The Morgan fingerprint density at radius 3 is 3.04 bits per heavy atom. The smallest absolute Gasteiger partial charge is 0.244 e. The third-order valence-corrected chi connectivity index (χ3v) is 3.89. The van der Waals surface area contributed by atoms with Crippen molar-refractivity contribution in [2.75, 3.05) is 0 Å². The van der Waals surface area contributed by atoms with E-state index in [2.05, 4.69) is 23.2 Å². The molecule has 2 aromatic heterocycles. The van der Waals surface area contributed by atoms with Crippen LogP contribution in [-0.4, -0.2) is 10.2 Å². The molecule has 0 amide bonds. The minimum absolute atomic E-state index is 0.103. The molecule has 1 aliphatic rings. The molecule has 0 aliphatic carbocycles. The maximum absolute atomic E-state index is 9.54. The number of nitrogens with two attached hydrogens (primary N) is 1. The summed E-state index contributed by atoms with van der Waals surface area (Å²) < 4.78 is 10.9. The molecule has 0 fully saturated rings. The molecule has 0 aromatic carbocycles. The highest BCUT2D eigenvalue weighted by Crippen LogP contribution is 2.43. The molecule has 1 atom stereocenters. The molecule has 0 saturated carbocycles. The molecule has 0 bridgehead atoms. The number of furan rings is 1. The number of aromatic amines is 1. The maximum atomic E-state index is 9.54. The molecule has 118 valence electrons. The fourth-order valence-electron chi connectivity index (χ4n) is 2.89. The van der Waals surface area contributed by atoms with Gasteiger partial charge in [-0.3, -0.25) is 5.10 Å². The number of nitrogens with one attached hydrogen (secondary N) is 1. The largest absolute Gasteiger partial charge is 0.465 e. The highest BCUT2D eigenvalue weighted by molar-refractivity contribution is 5.60. The van der Waals surface area contributed by atoms with Crippen molar-refractivity contribution in [2.45, 2.75) is 32.6 Å². The van der Waals surface area contributed by atoms with E-state index in [1.165, 1.54) is 0 Å². The molecule has 3 rings (SSSR count). The van der Waals surface area contributed by atoms with E-state index < -0.39 is 0 Å². The molecule has 0 radical (unpaired) electrons. The normalized spacial score (nSPS) is 17.6. The van der Waals surface area contributed by atoms with E-state index in [0.717, 1.165) is 35.4 Å². The number of fused-ring (bicyclic) bond motifs is 1. The Morgan fingerprint density at radius 2 is 2.39 bits per heavy atom. The predicted molar refractivity (Wildman–Crippen MR) is 85.1 cm³/mol. The van der Waals surface area contributed by atoms with Gasteiger partial charge in [-0.25, -0.2) is 0 Å². The van der Waals surface area contributed by atoms with Gasteiger partial charge in [0.05, 0.1) is 12.2 Å². The summed E-state index contributed by atoms with van der Waals surface area (Å²) in [7, 11) is 0. The summed E-state index contributed by atoms with van der Waals surface area (Å²) in [6, 6.07) is 5.87. The van der Waals surface area contributed by atoms with Gasteiger partial charge in [0.1, 0.15) is 17.4 Å². The van der Waals surface area contributed by atoms with Gasteiger partial charge in [0.25, 0.3) is 0 Å². The number of nitriles is 1. The summed E-state index contributed by atoms with van der Waals surface area (Å²) in [6.45, 7) is 4.04. The number of rotatable bonds is 4. The van der Waals surface area contributed by atoms with E-state index in [0.29, 0.717) is 11.5 Å². The van der Waals surface area contributed by atoms with E-state index in [4.69, 9.17) is 14.9 Å². The van der Waals surface area contributed by atoms with Crippen LogP contribution < -0.4 is 10.5 Å². The van der Waals surface area contributed by atoms with E-state index >= 15 is 0 Å². The molecule has 3 N–H and O–H groups in total. The summed E-state index contributed by atoms with van der Waals surface area (Å²) in [5.74, 6) is 0.995. The Balaban J connectivity index is 2.12. The molecule has 0 unspecified atom stereocenters. The second-order valence-corrected chi connectivity index (χ2v) is 5.50. The molecule has 6 heteroatoms. The van der Waals surface area contributed by atoms with E-state index in [1.807, 2.05) is 25.1 Å². The second-order valence-electron chi connectivity index (χ2n) is 5.50. The van der Waals surface area contributed by atoms with Crippen molar-refractivity contribution in [1.82, 2.24) is 10.2 Å². The number of nitrogens with zero attached hydrogens (tertiary/aromatic N) is 2. The third-order valence-electron chi connectivity index (χ3n) is 3.89. The van der Waals surface area contributed by atoms with Gasteiger partial charge >= 0.3 is 0 Å². The lowest BCUT2D eigenvalue weighted by atomic mass is 9.83. The predicted octanol–water partition coefficient (Wildman–Crippen LogP) is 3.23. The van der Waals surface area contributed by atoms with Crippen molar-refractivity contribution in [3.05, 3.63) is 52.4 Å². The van der Waals surface area contributed by atoms with Crippen LogP contribution >= 0.6 is 0 Å². The lowest BCUT2D eigenvalue weighted by Crippen LogP contribution is -2.21. The van der Waals surface area contributed by atoms with Crippen molar-refractivity contribution in [2.24, 2.45) is 5.73 Å². The van der Waals surface area contributed by atoms with Gasteiger partial charge in [0.2, 0.25) is 11.8 Å². The lowest BCUT2D eigenvalue weighted by molar-refractivity contribution is 0.378.